The molecular weight excluding hydrogens is 358 g/mol. The highest BCUT2D eigenvalue weighted by Crippen LogP contribution is 2.34. The lowest BCUT2D eigenvalue weighted by atomic mass is 10.0. The molecule has 0 saturated carbocycles. The Hall–Kier alpha value is -2.78. The Kier molecular flexibility index (Phi) is 5.82. The third-order valence-corrected chi connectivity index (χ3v) is 6.22. The van der Waals surface area contributed by atoms with Gasteiger partial charge in [0.2, 0.25) is 0 Å². The zero-order valence-corrected chi connectivity index (χ0v) is 16.5. The van der Waals surface area contributed by atoms with Crippen LogP contribution in [0.2, 0.25) is 0 Å². The standard InChI is InChI=1S/C21H23N3O2S/c1-4-19(26-3)11-8-17-15-23(2)21(20(17)14-22)16-6-9-18(10-7-16)24-12-5-13-27(24)25/h4,6-11H,1,5,12-13,15H2,2-3H3/b17-8+,19-11+. The summed E-state index contributed by atoms with van der Waals surface area (Å²) in [5, 5.41) is 9.73. The largest absolute Gasteiger partial charge is 0.497 e. The first-order valence-electron chi connectivity index (χ1n) is 8.78. The molecule has 0 N–H and O–H groups in total. The van der Waals surface area contributed by atoms with E-state index in [1.807, 2.05) is 47.8 Å². The molecule has 2 heterocycles. The van der Waals surface area contributed by atoms with Gasteiger partial charge in [-0.25, -0.2) is 4.21 Å². The van der Waals surface area contributed by atoms with Crippen LogP contribution in [0.15, 0.2) is 66.0 Å². The van der Waals surface area contributed by atoms with Crippen molar-refractivity contribution in [2.75, 3.05) is 37.3 Å². The van der Waals surface area contributed by atoms with Crippen molar-refractivity contribution >= 4 is 22.4 Å². The normalized spacial score (nSPS) is 21.7. The van der Waals surface area contributed by atoms with Crippen molar-refractivity contribution in [1.82, 2.24) is 4.90 Å². The molecule has 0 aromatic heterocycles. The van der Waals surface area contributed by atoms with E-state index in [2.05, 4.69) is 17.5 Å². The van der Waals surface area contributed by atoms with Crippen molar-refractivity contribution in [2.45, 2.75) is 6.42 Å². The fraction of sp³-hybridized carbons (Fsp3) is 0.286. The van der Waals surface area contributed by atoms with Gasteiger partial charge in [-0.1, -0.05) is 24.8 Å². The second kappa shape index (κ2) is 8.28. The molecule has 5 nitrogen and oxygen atoms in total. The Labute approximate surface area is 163 Å². The lowest BCUT2D eigenvalue weighted by Gasteiger charge is -2.19. The smallest absolute Gasteiger partial charge is 0.119 e. The molecule has 1 atom stereocenters. The number of rotatable bonds is 5. The summed E-state index contributed by atoms with van der Waals surface area (Å²) in [5.74, 6) is 1.38. The minimum absolute atomic E-state index is 0.652. The minimum atomic E-state index is -0.928. The average molecular weight is 382 g/mol. The van der Waals surface area contributed by atoms with Crippen LogP contribution in [-0.4, -0.2) is 42.1 Å². The van der Waals surface area contributed by atoms with Gasteiger partial charge in [0.05, 0.1) is 18.4 Å². The van der Waals surface area contributed by atoms with Gasteiger partial charge < -0.3 is 9.64 Å². The van der Waals surface area contributed by atoms with E-state index in [-0.39, 0.29) is 0 Å². The molecule has 0 spiro atoms. The Morgan fingerprint density at radius 1 is 1.37 bits per heavy atom. The van der Waals surface area contributed by atoms with Gasteiger partial charge in [0.25, 0.3) is 0 Å². The first-order valence-corrected chi connectivity index (χ1v) is 10.1. The molecular formula is C21H23N3O2S. The molecule has 1 aromatic rings. The number of hydrogen-bond donors (Lipinski definition) is 0. The van der Waals surface area contributed by atoms with E-state index in [0.29, 0.717) is 17.9 Å². The zero-order chi connectivity index (χ0) is 19.4. The van der Waals surface area contributed by atoms with Crippen molar-refractivity contribution in [2.24, 2.45) is 0 Å². The number of benzene rings is 1. The maximum absolute atomic E-state index is 12.0. The first kappa shape index (κ1) is 19.0. The van der Waals surface area contributed by atoms with Crippen LogP contribution in [0.3, 0.4) is 0 Å². The van der Waals surface area contributed by atoms with Crippen LogP contribution in [-0.2, 0) is 15.7 Å². The number of anilines is 1. The molecule has 2 aliphatic rings. The Bertz CT molecular complexity index is 891. The van der Waals surface area contributed by atoms with Gasteiger partial charge in [-0.3, -0.25) is 4.31 Å². The molecule has 1 aromatic carbocycles. The third kappa shape index (κ3) is 3.83. The van der Waals surface area contributed by atoms with Crippen molar-refractivity contribution in [3.8, 4) is 6.07 Å². The predicted molar refractivity (Wildman–Crippen MR) is 110 cm³/mol. The summed E-state index contributed by atoms with van der Waals surface area (Å²) in [4.78, 5) is 2.07. The second-order valence-corrected chi connectivity index (χ2v) is 7.88. The Morgan fingerprint density at radius 2 is 2.11 bits per heavy atom. The van der Waals surface area contributed by atoms with Crippen molar-refractivity contribution in [3.05, 3.63) is 71.5 Å². The van der Waals surface area contributed by atoms with E-state index in [0.717, 1.165) is 41.2 Å². The van der Waals surface area contributed by atoms with Gasteiger partial charge in [-0.15, -0.1) is 0 Å². The molecule has 1 saturated heterocycles. The summed E-state index contributed by atoms with van der Waals surface area (Å²) in [7, 11) is 2.64. The Morgan fingerprint density at radius 3 is 2.67 bits per heavy atom. The summed E-state index contributed by atoms with van der Waals surface area (Å²) in [6, 6.07) is 10.3. The first-order chi connectivity index (χ1) is 13.1. The van der Waals surface area contributed by atoms with Crippen LogP contribution in [0, 0.1) is 11.3 Å². The fourth-order valence-corrected chi connectivity index (χ4v) is 4.65. The van der Waals surface area contributed by atoms with Crippen LogP contribution >= 0.6 is 0 Å². The van der Waals surface area contributed by atoms with Gasteiger partial charge in [0.1, 0.15) is 22.8 Å². The second-order valence-electron chi connectivity index (χ2n) is 6.39. The van der Waals surface area contributed by atoms with Gasteiger partial charge in [0, 0.05) is 31.6 Å². The number of likely N-dealkylation sites (N-methyl/N-ethyl adjacent to an activating group) is 1. The summed E-state index contributed by atoms with van der Waals surface area (Å²) in [5.41, 5.74) is 4.44. The lowest BCUT2D eigenvalue weighted by Crippen LogP contribution is -2.19. The predicted octanol–water partition coefficient (Wildman–Crippen LogP) is 3.38. The van der Waals surface area contributed by atoms with Crippen LogP contribution < -0.4 is 4.31 Å². The van der Waals surface area contributed by atoms with Gasteiger partial charge in [-0.05, 0) is 41.8 Å². The van der Waals surface area contributed by atoms with Gasteiger partial charge >= 0.3 is 0 Å². The van der Waals surface area contributed by atoms with E-state index < -0.39 is 11.0 Å². The summed E-state index contributed by atoms with van der Waals surface area (Å²) in [6.07, 6.45) is 6.32. The molecule has 1 unspecified atom stereocenters. The van der Waals surface area contributed by atoms with Crippen molar-refractivity contribution in [1.29, 1.82) is 5.26 Å². The van der Waals surface area contributed by atoms with Crippen molar-refractivity contribution < 1.29 is 8.95 Å². The van der Waals surface area contributed by atoms with E-state index in [1.165, 1.54) is 0 Å². The topological polar surface area (TPSA) is 56.6 Å². The van der Waals surface area contributed by atoms with Crippen LogP contribution in [0.1, 0.15) is 12.0 Å². The van der Waals surface area contributed by atoms with E-state index in [1.54, 1.807) is 13.2 Å². The number of hydrogen-bond acceptors (Lipinski definition) is 4. The minimum Gasteiger partial charge on any atom is -0.497 e. The SMILES string of the molecule is C=C/C(=C\C=C1/CN(C)C(c2ccc(N3CCCS3=O)cc2)=C1C#N)OC. The number of nitriles is 1. The molecule has 140 valence electrons. The molecule has 0 radical (unpaired) electrons. The quantitative estimate of drug-likeness (QED) is 0.580. The van der Waals surface area contributed by atoms with Crippen LogP contribution in [0.25, 0.3) is 5.70 Å². The highest BCUT2D eigenvalue weighted by Gasteiger charge is 2.26. The summed E-state index contributed by atoms with van der Waals surface area (Å²) >= 11 is 0. The molecule has 6 heteroatoms. The summed E-state index contributed by atoms with van der Waals surface area (Å²) in [6.45, 7) is 5.18. The highest BCUT2D eigenvalue weighted by atomic mass is 32.2. The number of ether oxygens (including phenoxy) is 1. The molecule has 2 aliphatic heterocycles. The van der Waals surface area contributed by atoms with E-state index in [9.17, 15) is 9.47 Å². The number of allylic oxidation sites excluding steroid dienone is 3. The van der Waals surface area contributed by atoms with E-state index >= 15 is 0 Å². The summed E-state index contributed by atoms with van der Waals surface area (Å²) < 4.78 is 19.2. The number of methoxy groups -OCH3 is 1. The third-order valence-electron chi connectivity index (χ3n) is 4.70. The molecule has 0 bridgehead atoms. The number of nitrogens with zero attached hydrogens (tertiary/aromatic N) is 3. The Balaban J connectivity index is 1.94. The molecule has 3 rings (SSSR count). The zero-order valence-electron chi connectivity index (χ0n) is 15.6. The highest BCUT2D eigenvalue weighted by molar-refractivity contribution is 7.86. The molecule has 27 heavy (non-hydrogen) atoms. The lowest BCUT2D eigenvalue weighted by molar-refractivity contribution is 0.307. The van der Waals surface area contributed by atoms with E-state index in [4.69, 9.17) is 4.74 Å². The fourth-order valence-electron chi connectivity index (χ4n) is 3.36. The molecule has 1 fully saturated rings. The van der Waals surface area contributed by atoms with Crippen LogP contribution in [0.5, 0.6) is 0 Å². The average Bonchev–Trinajstić information content (AvgIpc) is 3.25. The maximum Gasteiger partial charge on any atom is 0.119 e. The molecule has 0 aliphatic carbocycles. The van der Waals surface area contributed by atoms with Gasteiger partial charge in [0.15, 0.2) is 0 Å². The molecule has 0 amide bonds. The van der Waals surface area contributed by atoms with Crippen LogP contribution in [0.4, 0.5) is 5.69 Å². The monoisotopic (exact) mass is 381 g/mol. The van der Waals surface area contributed by atoms with Gasteiger partial charge in [-0.2, -0.15) is 5.26 Å². The maximum atomic E-state index is 12.0. The van der Waals surface area contributed by atoms with Crippen molar-refractivity contribution in [3.63, 3.8) is 0 Å².